The molecule has 0 atom stereocenters. The van der Waals surface area contributed by atoms with Crippen LogP contribution in [0.2, 0.25) is 0 Å². The van der Waals surface area contributed by atoms with Gasteiger partial charge in [-0.3, -0.25) is 9.59 Å². The summed E-state index contributed by atoms with van der Waals surface area (Å²) in [5, 5.41) is 0. The number of amides is 2. The van der Waals surface area contributed by atoms with Gasteiger partial charge in [-0.2, -0.15) is 0 Å². The van der Waals surface area contributed by atoms with Crippen molar-refractivity contribution in [2.45, 2.75) is 20.3 Å². The van der Waals surface area contributed by atoms with Crippen LogP contribution in [0.5, 0.6) is 0 Å². The third kappa shape index (κ3) is 4.19. The van der Waals surface area contributed by atoms with E-state index in [2.05, 4.69) is 0 Å². The number of hydrogen-bond donors (Lipinski definition) is 0. The predicted octanol–water partition coefficient (Wildman–Crippen LogP) is 3.40. The lowest BCUT2D eigenvalue weighted by molar-refractivity contribution is -0.126. The molecule has 120 valence electrons. The van der Waals surface area contributed by atoms with Crippen molar-refractivity contribution in [3.63, 3.8) is 0 Å². The summed E-state index contributed by atoms with van der Waals surface area (Å²) in [6.45, 7) is 4.42. The second-order valence-corrected chi connectivity index (χ2v) is 5.44. The van der Waals surface area contributed by atoms with Gasteiger partial charge in [-0.05, 0) is 43.7 Å². The highest BCUT2D eigenvalue weighted by Gasteiger charge is 2.20. The monoisotopic (exact) mass is 310 g/mol. The Morgan fingerprint density at radius 1 is 0.913 bits per heavy atom. The Hall–Kier alpha value is -2.62. The van der Waals surface area contributed by atoms with Crippen molar-refractivity contribution < 1.29 is 9.59 Å². The first-order chi connectivity index (χ1) is 11.0. The van der Waals surface area contributed by atoms with E-state index in [1.165, 1.54) is 4.90 Å². The Kier molecular flexibility index (Phi) is 5.52. The summed E-state index contributed by atoms with van der Waals surface area (Å²) in [5.41, 5.74) is 2.69. The van der Waals surface area contributed by atoms with E-state index >= 15 is 0 Å². The van der Waals surface area contributed by atoms with Gasteiger partial charge in [-0.15, -0.1) is 0 Å². The van der Waals surface area contributed by atoms with Gasteiger partial charge in [0.15, 0.2) is 0 Å². The highest BCUT2D eigenvalue weighted by atomic mass is 16.2. The predicted molar refractivity (Wildman–Crippen MR) is 93.7 cm³/mol. The van der Waals surface area contributed by atoms with Crippen molar-refractivity contribution in [3.05, 3.63) is 60.2 Å². The summed E-state index contributed by atoms with van der Waals surface area (Å²) in [5.74, 6) is -0.404. The smallest absolute Gasteiger partial charge is 0.236 e. The summed E-state index contributed by atoms with van der Waals surface area (Å²) in [7, 11) is 1.69. The molecule has 0 fully saturated rings. The molecule has 23 heavy (non-hydrogen) atoms. The molecule has 0 saturated carbocycles. The molecule has 0 radical (unpaired) electrons. The summed E-state index contributed by atoms with van der Waals surface area (Å²) >= 11 is 0. The summed E-state index contributed by atoms with van der Waals surface area (Å²) in [6, 6.07) is 17.1. The lowest BCUT2D eigenvalue weighted by Crippen LogP contribution is -2.36. The van der Waals surface area contributed by atoms with Gasteiger partial charge in [0, 0.05) is 25.0 Å². The van der Waals surface area contributed by atoms with Crippen molar-refractivity contribution in [1.82, 2.24) is 0 Å². The van der Waals surface area contributed by atoms with Gasteiger partial charge in [0.2, 0.25) is 11.8 Å². The van der Waals surface area contributed by atoms with Gasteiger partial charge < -0.3 is 9.80 Å². The third-order valence-electron chi connectivity index (χ3n) is 3.75. The third-order valence-corrected chi connectivity index (χ3v) is 3.75. The van der Waals surface area contributed by atoms with Gasteiger partial charge in [0.25, 0.3) is 0 Å². The van der Waals surface area contributed by atoms with Crippen LogP contribution in [-0.2, 0) is 9.59 Å². The fourth-order valence-corrected chi connectivity index (χ4v) is 2.44. The molecule has 0 aliphatic carbocycles. The number of carbonyl (C=O) groups is 2. The normalized spacial score (nSPS) is 10.2. The van der Waals surface area contributed by atoms with Crippen LogP contribution in [0.1, 0.15) is 18.9 Å². The quantitative estimate of drug-likeness (QED) is 0.794. The minimum atomic E-state index is -0.215. The number of para-hydroxylation sites is 1. The zero-order valence-corrected chi connectivity index (χ0v) is 13.8. The molecule has 0 saturated heterocycles. The molecule has 0 unspecified atom stereocenters. The fraction of sp³-hybridized carbons (Fsp3) is 0.263. The fourth-order valence-electron chi connectivity index (χ4n) is 2.44. The van der Waals surface area contributed by atoms with Crippen LogP contribution in [0.3, 0.4) is 0 Å². The Morgan fingerprint density at radius 2 is 1.57 bits per heavy atom. The molecule has 2 amide bonds. The minimum absolute atomic E-state index is 0.146. The molecule has 0 N–H and O–H groups in total. The number of rotatable bonds is 5. The second-order valence-electron chi connectivity index (χ2n) is 5.44. The first-order valence-corrected chi connectivity index (χ1v) is 7.71. The highest BCUT2D eigenvalue weighted by Crippen LogP contribution is 2.18. The minimum Gasteiger partial charge on any atom is -0.315 e. The van der Waals surface area contributed by atoms with E-state index in [4.69, 9.17) is 0 Å². The van der Waals surface area contributed by atoms with Crippen molar-refractivity contribution in [1.29, 1.82) is 0 Å². The molecule has 2 aromatic carbocycles. The number of anilines is 2. The van der Waals surface area contributed by atoms with Gasteiger partial charge in [0.1, 0.15) is 6.42 Å². The van der Waals surface area contributed by atoms with Crippen LogP contribution in [0.15, 0.2) is 54.6 Å². The Morgan fingerprint density at radius 3 is 2.17 bits per heavy atom. The first-order valence-electron chi connectivity index (χ1n) is 7.71. The van der Waals surface area contributed by atoms with Crippen LogP contribution in [-0.4, -0.2) is 25.4 Å². The van der Waals surface area contributed by atoms with Crippen molar-refractivity contribution >= 4 is 23.2 Å². The van der Waals surface area contributed by atoms with Crippen LogP contribution in [0.4, 0.5) is 11.4 Å². The van der Waals surface area contributed by atoms with E-state index in [1.807, 2.05) is 68.4 Å². The summed E-state index contributed by atoms with van der Waals surface area (Å²) < 4.78 is 0. The van der Waals surface area contributed by atoms with E-state index in [9.17, 15) is 9.59 Å². The van der Waals surface area contributed by atoms with Crippen LogP contribution in [0.25, 0.3) is 0 Å². The average molecular weight is 310 g/mol. The lowest BCUT2D eigenvalue weighted by Gasteiger charge is -2.23. The van der Waals surface area contributed by atoms with Gasteiger partial charge in [0.05, 0.1) is 0 Å². The van der Waals surface area contributed by atoms with E-state index in [-0.39, 0.29) is 18.2 Å². The number of nitrogens with zero attached hydrogens (tertiary/aromatic N) is 2. The first kappa shape index (κ1) is 16.7. The molecule has 0 aliphatic heterocycles. The Balaban J connectivity index is 2.09. The molecule has 2 rings (SSSR count). The molecule has 0 bridgehead atoms. The SMILES string of the molecule is CCN(C(=O)CC(=O)N(C)c1ccccc1)c1cccc(C)c1. The van der Waals surface area contributed by atoms with E-state index in [1.54, 1.807) is 11.9 Å². The maximum absolute atomic E-state index is 12.5. The standard InChI is InChI=1S/C19H22N2O2/c1-4-21(17-12-8-9-15(2)13-17)19(23)14-18(22)20(3)16-10-6-5-7-11-16/h5-13H,4,14H2,1-3H3. The van der Waals surface area contributed by atoms with Crippen molar-refractivity contribution in [2.24, 2.45) is 0 Å². The lowest BCUT2D eigenvalue weighted by atomic mass is 10.2. The van der Waals surface area contributed by atoms with Gasteiger partial charge in [-0.1, -0.05) is 30.3 Å². The molecule has 0 aliphatic rings. The maximum Gasteiger partial charge on any atom is 0.236 e. The number of aryl methyl sites for hydroxylation is 1. The molecule has 4 nitrogen and oxygen atoms in total. The van der Waals surface area contributed by atoms with Crippen molar-refractivity contribution in [2.75, 3.05) is 23.4 Å². The number of benzene rings is 2. The maximum atomic E-state index is 12.5. The molecular formula is C19H22N2O2. The molecular weight excluding hydrogens is 288 g/mol. The van der Waals surface area contributed by atoms with Crippen LogP contribution in [0, 0.1) is 6.92 Å². The molecule has 2 aromatic rings. The van der Waals surface area contributed by atoms with Crippen molar-refractivity contribution in [3.8, 4) is 0 Å². The van der Waals surface area contributed by atoms with E-state index in [0.717, 1.165) is 16.9 Å². The zero-order chi connectivity index (χ0) is 16.8. The average Bonchev–Trinajstić information content (AvgIpc) is 2.55. The van der Waals surface area contributed by atoms with E-state index < -0.39 is 0 Å². The summed E-state index contributed by atoms with van der Waals surface area (Å²) in [6.07, 6.45) is -0.146. The molecule has 0 spiro atoms. The van der Waals surface area contributed by atoms with Crippen LogP contribution < -0.4 is 9.80 Å². The Bertz CT molecular complexity index is 683. The highest BCUT2D eigenvalue weighted by molar-refractivity contribution is 6.09. The van der Waals surface area contributed by atoms with Crippen LogP contribution >= 0.6 is 0 Å². The molecule has 4 heteroatoms. The molecule has 0 heterocycles. The number of carbonyl (C=O) groups excluding carboxylic acids is 2. The van der Waals surface area contributed by atoms with Gasteiger partial charge in [-0.25, -0.2) is 0 Å². The summed E-state index contributed by atoms with van der Waals surface area (Å²) in [4.78, 5) is 28.0. The Labute approximate surface area is 137 Å². The topological polar surface area (TPSA) is 40.6 Å². The largest absolute Gasteiger partial charge is 0.315 e. The van der Waals surface area contributed by atoms with E-state index in [0.29, 0.717) is 6.54 Å². The molecule has 0 aromatic heterocycles. The zero-order valence-electron chi connectivity index (χ0n) is 13.8. The second kappa shape index (κ2) is 7.58. The van der Waals surface area contributed by atoms with Gasteiger partial charge >= 0.3 is 0 Å². The number of hydrogen-bond acceptors (Lipinski definition) is 2.